The van der Waals surface area contributed by atoms with Gasteiger partial charge in [-0.2, -0.15) is 0 Å². The molecule has 0 aliphatic heterocycles. The molecule has 0 fully saturated rings. The molecule has 2 heterocycles. The van der Waals surface area contributed by atoms with Crippen LogP contribution >= 0.6 is 0 Å². The van der Waals surface area contributed by atoms with Gasteiger partial charge in [0, 0.05) is 5.56 Å². The molecule has 30 heavy (non-hydrogen) atoms. The van der Waals surface area contributed by atoms with E-state index in [1.165, 1.54) is 4.80 Å². The second-order valence-electron chi connectivity index (χ2n) is 8.53. The van der Waals surface area contributed by atoms with E-state index in [0.717, 1.165) is 38.9 Å². The van der Waals surface area contributed by atoms with Gasteiger partial charge in [0.15, 0.2) is 0 Å². The van der Waals surface area contributed by atoms with Crippen LogP contribution in [0.4, 0.5) is 0 Å². The maximum Gasteiger partial charge on any atom is 0.146 e. The first-order valence-electron chi connectivity index (χ1n) is 9.84. The molecule has 0 atom stereocenters. The number of rotatable bonds is 2. The fourth-order valence-corrected chi connectivity index (χ4v) is 3.74. The standard InChI is InChI=1S/C23H22N6O/c1-14-8-7-11-19-21(14)28(27-24-19)15-12-16(23(2,3)4)22(30)20(13-15)29-25-17-9-5-6-10-18(17)26-29/h5-13,30H,1-4H3. The van der Waals surface area contributed by atoms with Gasteiger partial charge in [-0.1, -0.05) is 50.3 Å². The SMILES string of the molecule is Cc1cccc2nnn(-c3cc(-n4nc5ccccc5n4)c(O)c(C(C)(C)C)c3)c12. The highest BCUT2D eigenvalue weighted by atomic mass is 16.3. The number of aromatic nitrogens is 6. The van der Waals surface area contributed by atoms with Gasteiger partial charge in [0.05, 0.1) is 11.2 Å². The molecule has 0 spiro atoms. The monoisotopic (exact) mass is 398 g/mol. The lowest BCUT2D eigenvalue weighted by Gasteiger charge is -2.23. The molecule has 0 amide bonds. The lowest BCUT2D eigenvalue weighted by Crippen LogP contribution is -2.15. The Morgan fingerprint density at radius 1 is 0.867 bits per heavy atom. The molecule has 7 nitrogen and oxygen atoms in total. The van der Waals surface area contributed by atoms with Crippen LogP contribution in [0.2, 0.25) is 0 Å². The van der Waals surface area contributed by atoms with Crippen molar-refractivity contribution in [2.24, 2.45) is 0 Å². The van der Waals surface area contributed by atoms with Crippen LogP contribution in [0.5, 0.6) is 5.75 Å². The highest BCUT2D eigenvalue weighted by Gasteiger charge is 2.24. The summed E-state index contributed by atoms with van der Waals surface area (Å²) in [5.74, 6) is 0.160. The Kier molecular flexibility index (Phi) is 3.89. The highest BCUT2D eigenvalue weighted by molar-refractivity contribution is 5.80. The van der Waals surface area contributed by atoms with Crippen molar-refractivity contribution in [3.8, 4) is 17.1 Å². The molecule has 0 radical (unpaired) electrons. The Bertz CT molecular complexity index is 1370. The minimum atomic E-state index is -0.299. The third-order valence-electron chi connectivity index (χ3n) is 5.30. The second kappa shape index (κ2) is 6.38. The molecule has 0 saturated carbocycles. The molecule has 2 aromatic heterocycles. The maximum absolute atomic E-state index is 11.1. The third-order valence-corrected chi connectivity index (χ3v) is 5.30. The van der Waals surface area contributed by atoms with Crippen molar-refractivity contribution in [2.75, 3.05) is 0 Å². The molecule has 1 N–H and O–H groups in total. The van der Waals surface area contributed by atoms with Crippen molar-refractivity contribution in [1.29, 1.82) is 0 Å². The molecule has 150 valence electrons. The average molecular weight is 398 g/mol. The van der Waals surface area contributed by atoms with E-state index in [1.807, 2.05) is 66.2 Å². The van der Waals surface area contributed by atoms with Crippen LogP contribution in [0.1, 0.15) is 31.9 Å². The van der Waals surface area contributed by atoms with Gasteiger partial charge in [0.1, 0.15) is 28.0 Å². The molecular formula is C23H22N6O. The second-order valence-corrected chi connectivity index (χ2v) is 8.53. The number of hydrogen-bond acceptors (Lipinski definition) is 5. The van der Waals surface area contributed by atoms with Crippen molar-refractivity contribution >= 4 is 22.1 Å². The summed E-state index contributed by atoms with van der Waals surface area (Å²) in [5, 5.41) is 29.0. The first kappa shape index (κ1) is 18.3. The first-order chi connectivity index (χ1) is 14.3. The molecule has 0 aliphatic rings. The topological polar surface area (TPSA) is 81.7 Å². The maximum atomic E-state index is 11.1. The van der Waals surface area contributed by atoms with Crippen LogP contribution < -0.4 is 0 Å². The summed E-state index contributed by atoms with van der Waals surface area (Å²) in [5.41, 5.74) is 6.16. The summed E-state index contributed by atoms with van der Waals surface area (Å²) in [6, 6.07) is 17.4. The summed E-state index contributed by atoms with van der Waals surface area (Å²) >= 11 is 0. The summed E-state index contributed by atoms with van der Waals surface area (Å²) in [7, 11) is 0. The van der Waals surface area contributed by atoms with Crippen LogP contribution in [0.25, 0.3) is 33.4 Å². The molecular weight excluding hydrogens is 376 g/mol. The fraction of sp³-hybridized carbons (Fsp3) is 0.217. The zero-order chi connectivity index (χ0) is 21.0. The van der Waals surface area contributed by atoms with E-state index in [0.29, 0.717) is 5.69 Å². The van der Waals surface area contributed by atoms with Crippen molar-refractivity contribution in [2.45, 2.75) is 33.1 Å². The number of para-hydroxylation sites is 1. The van der Waals surface area contributed by atoms with Gasteiger partial charge in [-0.25, -0.2) is 4.68 Å². The normalized spacial score (nSPS) is 12.1. The van der Waals surface area contributed by atoms with E-state index in [2.05, 4.69) is 41.3 Å². The molecule has 0 bridgehead atoms. The number of hydrogen-bond donors (Lipinski definition) is 1. The van der Waals surface area contributed by atoms with E-state index >= 15 is 0 Å². The molecule has 5 aromatic rings. The minimum absolute atomic E-state index is 0.160. The number of aromatic hydroxyl groups is 1. The number of phenolic OH excluding ortho intramolecular Hbond substituents is 1. The number of aryl methyl sites for hydroxylation is 1. The zero-order valence-corrected chi connectivity index (χ0v) is 17.3. The van der Waals surface area contributed by atoms with E-state index in [1.54, 1.807) is 0 Å². The Balaban J connectivity index is 1.81. The van der Waals surface area contributed by atoms with Crippen LogP contribution in [-0.2, 0) is 5.41 Å². The van der Waals surface area contributed by atoms with Crippen molar-refractivity contribution in [3.63, 3.8) is 0 Å². The number of phenols is 1. The van der Waals surface area contributed by atoms with Gasteiger partial charge in [-0.15, -0.1) is 20.1 Å². The third kappa shape index (κ3) is 2.82. The highest BCUT2D eigenvalue weighted by Crippen LogP contribution is 2.37. The van der Waals surface area contributed by atoms with E-state index < -0.39 is 0 Å². The number of nitrogens with zero attached hydrogens (tertiary/aromatic N) is 6. The molecule has 7 heteroatoms. The fourth-order valence-electron chi connectivity index (χ4n) is 3.74. The van der Waals surface area contributed by atoms with Crippen LogP contribution in [0.3, 0.4) is 0 Å². The van der Waals surface area contributed by atoms with Gasteiger partial charge >= 0.3 is 0 Å². The van der Waals surface area contributed by atoms with Crippen molar-refractivity contribution in [3.05, 3.63) is 65.7 Å². The van der Waals surface area contributed by atoms with Crippen LogP contribution in [0.15, 0.2) is 54.6 Å². The van der Waals surface area contributed by atoms with Gasteiger partial charge in [-0.3, -0.25) is 0 Å². The number of fused-ring (bicyclic) bond motifs is 2. The smallest absolute Gasteiger partial charge is 0.146 e. The molecule has 0 saturated heterocycles. The van der Waals surface area contributed by atoms with Gasteiger partial charge < -0.3 is 5.11 Å². The van der Waals surface area contributed by atoms with E-state index in [9.17, 15) is 5.11 Å². The molecule has 3 aromatic carbocycles. The summed E-state index contributed by atoms with van der Waals surface area (Å²) < 4.78 is 1.81. The Hall–Kier alpha value is -3.74. The van der Waals surface area contributed by atoms with Crippen LogP contribution in [0, 0.1) is 6.92 Å². The number of benzene rings is 3. The van der Waals surface area contributed by atoms with Crippen molar-refractivity contribution in [1.82, 2.24) is 30.0 Å². The Morgan fingerprint density at radius 3 is 2.20 bits per heavy atom. The molecule has 0 aliphatic carbocycles. The lowest BCUT2D eigenvalue weighted by atomic mass is 9.85. The van der Waals surface area contributed by atoms with Gasteiger partial charge in [-0.05, 0) is 48.2 Å². The van der Waals surface area contributed by atoms with E-state index in [4.69, 9.17) is 0 Å². The first-order valence-corrected chi connectivity index (χ1v) is 9.84. The predicted octanol–water partition coefficient (Wildman–Crippen LogP) is 4.47. The zero-order valence-electron chi connectivity index (χ0n) is 17.3. The lowest BCUT2D eigenvalue weighted by molar-refractivity contribution is 0.440. The van der Waals surface area contributed by atoms with Crippen molar-refractivity contribution < 1.29 is 5.11 Å². The predicted molar refractivity (Wildman–Crippen MR) is 116 cm³/mol. The Labute approximate surface area is 173 Å². The Morgan fingerprint density at radius 2 is 1.53 bits per heavy atom. The average Bonchev–Trinajstić information content (AvgIpc) is 3.32. The van der Waals surface area contributed by atoms with Crippen LogP contribution in [-0.4, -0.2) is 35.1 Å². The summed E-state index contributed by atoms with van der Waals surface area (Å²) in [4.78, 5) is 1.49. The quantitative estimate of drug-likeness (QED) is 0.475. The summed E-state index contributed by atoms with van der Waals surface area (Å²) in [6.45, 7) is 8.23. The minimum Gasteiger partial charge on any atom is -0.505 e. The molecule has 0 unspecified atom stereocenters. The van der Waals surface area contributed by atoms with Gasteiger partial charge in [0.2, 0.25) is 0 Å². The van der Waals surface area contributed by atoms with E-state index in [-0.39, 0.29) is 11.2 Å². The summed E-state index contributed by atoms with van der Waals surface area (Å²) in [6.07, 6.45) is 0. The van der Waals surface area contributed by atoms with Gasteiger partial charge in [0.25, 0.3) is 0 Å². The molecule has 5 rings (SSSR count). The largest absolute Gasteiger partial charge is 0.505 e.